The minimum Gasteiger partial charge on any atom is -0.493 e. The number of rotatable bonds is 9. The van der Waals surface area contributed by atoms with Gasteiger partial charge in [-0.25, -0.2) is 5.01 Å². The zero-order valence-electron chi connectivity index (χ0n) is 22.1. The lowest BCUT2D eigenvalue weighted by Crippen LogP contribution is -2.32. The first kappa shape index (κ1) is 25.8. The van der Waals surface area contributed by atoms with Crippen molar-refractivity contribution in [3.8, 4) is 11.5 Å². The molecule has 1 aliphatic carbocycles. The van der Waals surface area contributed by atoms with Crippen LogP contribution in [0.4, 0.5) is 0 Å². The highest BCUT2D eigenvalue weighted by Crippen LogP contribution is 2.40. The quantitative estimate of drug-likeness (QED) is 0.516. The van der Waals surface area contributed by atoms with Crippen LogP contribution in [0.1, 0.15) is 63.4 Å². The Balaban J connectivity index is 1.58. The largest absolute Gasteiger partial charge is 0.493 e. The van der Waals surface area contributed by atoms with Crippen molar-refractivity contribution in [3.63, 3.8) is 0 Å². The molecule has 0 spiro atoms. The van der Waals surface area contributed by atoms with Gasteiger partial charge in [-0.15, -0.1) is 5.10 Å². The Bertz CT molecular complexity index is 1160. The highest BCUT2D eigenvalue weighted by Gasteiger charge is 2.36. The Labute approximate surface area is 212 Å². The summed E-state index contributed by atoms with van der Waals surface area (Å²) in [5.41, 5.74) is 2.87. The van der Waals surface area contributed by atoms with E-state index in [2.05, 4.69) is 16.8 Å². The van der Waals surface area contributed by atoms with Crippen LogP contribution in [0.5, 0.6) is 11.5 Å². The molecule has 194 valence electrons. The van der Waals surface area contributed by atoms with Crippen molar-refractivity contribution in [2.24, 2.45) is 16.1 Å². The summed E-state index contributed by atoms with van der Waals surface area (Å²) >= 11 is 0. The molecule has 9 heteroatoms. The molecular weight excluding hydrogens is 460 g/mol. The average Bonchev–Trinajstić information content (AvgIpc) is 3.62. The van der Waals surface area contributed by atoms with Gasteiger partial charge in [0, 0.05) is 22.3 Å². The number of amidine groups is 1. The fourth-order valence-corrected chi connectivity index (χ4v) is 4.04. The Hall–Kier alpha value is -3.33. The molecule has 0 atom stereocenters. The Morgan fingerprint density at radius 3 is 2.50 bits per heavy atom. The van der Waals surface area contributed by atoms with Gasteiger partial charge >= 0.3 is 0 Å². The number of hydrazone groups is 2. The summed E-state index contributed by atoms with van der Waals surface area (Å²) < 4.78 is 17.3. The van der Waals surface area contributed by atoms with Crippen molar-refractivity contribution in [2.45, 2.75) is 52.9 Å². The Morgan fingerprint density at radius 1 is 1.17 bits per heavy atom. The third-order valence-corrected chi connectivity index (χ3v) is 6.55. The number of fused-ring (bicyclic) bond motifs is 1. The molecule has 1 fully saturated rings. The number of methoxy groups -OCH3 is 1. The molecule has 0 aromatic heterocycles. The van der Waals surface area contributed by atoms with Gasteiger partial charge in [-0.2, -0.15) is 10.1 Å². The first-order chi connectivity index (χ1) is 17.0. The lowest BCUT2D eigenvalue weighted by atomic mass is 9.84. The standard InChI is InChI=1S/C27H36N4O5/c1-16-17(2)26(36-15-19-8-9-19)29-31-18(3)30(28-25(16)31)14-22(33)20-12-21(27(4,5)6)24(34-7)23(13-20)35-11-10-32/h12-13,19,32H,3,8-11,14-15H2,1-2,4-7H3. The molecule has 1 N–H and O–H groups in total. The second-order valence-corrected chi connectivity index (χ2v) is 10.4. The second-order valence-electron chi connectivity index (χ2n) is 10.4. The number of carbonyl (C=O) groups is 1. The second kappa shape index (κ2) is 9.97. The van der Waals surface area contributed by atoms with Gasteiger partial charge in [-0.05, 0) is 50.2 Å². The zero-order valence-corrected chi connectivity index (χ0v) is 22.1. The van der Waals surface area contributed by atoms with Crippen LogP contribution >= 0.6 is 0 Å². The van der Waals surface area contributed by atoms with E-state index in [4.69, 9.17) is 14.2 Å². The zero-order chi connectivity index (χ0) is 26.2. The van der Waals surface area contributed by atoms with E-state index in [0.29, 0.717) is 47.1 Å². The van der Waals surface area contributed by atoms with Gasteiger partial charge < -0.3 is 19.3 Å². The van der Waals surface area contributed by atoms with Crippen LogP contribution in [0.25, 0.3) is 0 Å². The molecular formula is C27H36N4O5. The fraction of sp³-hybridized carbons (Fsp3) is 0.519. The average molecular weight is 497 g/mol. The van der Waals surface area contributed by atoms with E-state index >= 15 is 0 Å². The number of Topliss-reactive ketones (excluding diaryl/α,β-unsaturated/α-hetero) is 1. The predicted molar refractivity (Wildman–Crippen MR) is 138 cm³/mol. The summed E-state index contributed by atoms with van der Waals surface area (Å²) in [6.07, 6.45) is 2.40. The van der Waals surface area contributed by atoms with Crippen LogP contribution in [-0.4, -0.2) is 66.1 Å². The number of aliphatic hydroxyl groups excluding tert-OH is 1. The molecule has 1 aromatic rings. The number of hydrogen-bond acceptors (Lipinski definition) is 9. The fourth-order valence-electron chi connectivity index (χ4n) is 4.04. The van der Waals surface area contributed by atoms with Crippen LogP contribution in [0.2, 0.25) is 0 Å². The lowest BCUT2D eigenvalue weighted by Gasteiger charge is -2.25. The molecule has 2 aliphatic heterocycles. The number of nitrogens with zero attached hydrogens (tertiary/aromatic N) is 4. The van der Waals surface area contributed by atoms with Gasteiger partial charge in [0.05, 0.1) is 20.3 Å². The number of hydrogen-bond donors (Lipinski definition) is 1. The predicted octanol–water partition coefficient (Wildman–Crippen LogP) is 4.04. The van der Waals surface area contributed by atoms with Crippen molar-refractivity contribution in [1.29, 1.82) is 0 Å². The topological polar surface area (TPSA) is 96.2 Å². The first-order valence-corrected chi connectivity index (χ1v) is 12.3. The van der Waals surface area contributed by atoms with Crippen LogP contribution in [0.3, 0.4) is 0 Å². The van der Waals surface area contributed by atoms with E-state index in [0.717, 1.165) is 16.7 Å². The number of ketones is 1. The highest BCUT2D eigenvalue weighted by molar-refractivity contribution is 6.11. The van der Waals surface area contributed by atoms with E-state index in [1.165, 1.54) is 12.8 Å². The molecule has 9 nitrogen and oxygen atoms in total. The normalized spacial score (nSPS) is 17.7. The molecule has 0 saturated heterocycles. The van der Waals surface area contributed by atoms with Gasteiger partial charge in [-0.3, -0.25) is 4.79 Å². The third-order valence-electron chi connectivity index (χ3n) is 6.55. The summed E-state index contributed by atoms with van der Waals surface area (Å²) in [6.45, 7) is 14.8. The SMILES string of the molecule is C=C1N(CC(=O)c2cc(OCCO)c(OC)c(C(C)(C)C)c2)N=C2C(C)=C(C)C(OCC3CC3)=NN12. The van der Waals surface area contributed by atoms with Crippen molar-refractivity contribution in [1.82, 2.24) is 10.0 Å². The summed E-state index contributed by atoms with van der Waals surface area (Å²) in [5.74, 6) is 3.13. The summed E-state index contributed by atoms with van der Waals surface area (Å²) in [5, 5.41) is 21.7. The maximum atomic E-state index is 13.5. The van der Waals surface area contributed by atoms with E-state index in [-0.39, 0.29) is 31.0 Å². The molecule has 1 aromatic carbocycles. The van der Waals surface area contributed by atoms with Crippen molar-refractivity contribution >= 4 is 17.5 Å². The maximum absolute atomic E-state index is 13.5. The van der Waals surface area contributed by atoms with E-state index in [1.807, 2.05) is 40.7 Å². The van der Waals surface area contributed by atoms with Crippen LogP contribution in [-0.2, 0) is 10.2 Å². The third kappa shape index (κ3) is 5.11. The number of aliphatic hydroxyl groups is 1. The molecule has 3 aliphatic rings. The van der Waals surface area contributed by atoms with Crippen molar-refractivity contribution in [3.05, 3.63) is 46.8 Å². The molecule has 1 saturated carbocycles. The molecule has 36 heavy (non-hydrogen) atoms. The molecule has 0 unspecified atom stereocenters. The first-order valence-electron chi connectivity index (χ1n) is 12.3. The van der Waals surface area contributed by atoms with Crippen molar-refractivity contribution < 1.29 is 24.1 Å². The minimum absolute atomic E-state index is 0.0195. The highest BCUT2D eigenvalue weighted by atomic mass is 16.5. The molecule has 2 heterocycles. The minimum atomic E-state index is -0.303. The van der Waals surface area contributed by atoms with Gasteiger partial charge in [-0.1, -0.05) is 27.4 Å². The summed E-state index contributed by atoms with van der Waals surface area (Å²) in [6, 6.07) is 3.49. The van der Waals surface area contributed by atoms with E-state index in [1.54, 1.807) is 23.2 Å². The molecule has 4 rings (SSSR count). The molecule has 0 amide bonds. The van der Waals surface area contributed by atoms with Crippen LogP contribution < -0.4 is 9.47 Å². The number of benzene rings is 1. The van der Waals surface area contributed by atoms with Gasteiger partial charge in [0.2, 0.25) is 5.90 Å². The summed E-state index contributed by atoms with van der Waals surface area (Å²) in [7, 11) is 1.57. The lowest BCUT2D eigenvalue weighted by molar-refractivity contribution is 0.0947. The Morgan fingerprint density at radius 2 is 1.89 bits per heavy atom. The monoisotopic (exact) mass is 496 g/mol. The number of carbonyl (C=O) groups excluding carboxylic acids is 1. The van der Waals surface area contributed by atoms with Gasteiger partial charge in [0.1, 0.15) is 19.0 Å². The van der Waals surface area contributed by atoms with E-state index < -0.39 is 0 Å². The maximum Gasteiger partial charge on any atom is 0.235 e. The molecule has 0 bridgehead atoms. The Kier molecular flexibility index (Phi) is 7.13. The van der Waals surface area contributed by atoms with Crippen LogP contribution in [0.15, 0.2) is 45.9 Å². The number of ether oxygens (including phenoxy) is 3. The molecule has 0 radical (unpaired) electrons. The summed E-state index contributed by atoms with van der Waals surface area (Å²) in [4.78, 5) is 13.5. The van der Waals surface area contributed by atoms with Gasteiger partial charge in [0.25, 0.3) is 0 Å². The van der Waals surface area contributed by atoms with Gasteiger partial charge in [0.15, 0.2) is 23.1 Å². The smallest absolute Gasteiger partial charge is 0.235 e. The van der Waals surface area contributed by atoms with Crippen molar-refractivity contribution in [2.75, 3.05) is 33.5 Å². The van der Waals surface area contributed by atoms with E-state index in [9.17, 15) is 9.90 Å². The van der Waals surface area contributed by atoms with Crippen LogP contribution in [0, 0.1) is 5.92 Å².